The summed E-state index contributed by atoms with van der Waals surface area (Å²) in [5, 5.41) is 10.0. The summed E-state index contributed by atoms with van der Waals surface area (Å²) in [6.07, 6.45) is 3.73. The van der Waals surface area contributed by atoms with Gasteiger partial charge in [-0.1, -0.05) is 11.6 Å². The highest BCUT2D eigenvalue weighted by Gasteiger charge is 2.45. The fraction of sp³-hybridized carbons (Fsp3) is 0.533. The number of amides is 1. The summed E-state index contributed by atoms with van der Waals surface area (Å²) < 4.78 is 0. The first kappa shape index (κ1) is 13.7. The number of carbonyl (C=O) groups excluding carboxylic acids is 1. The molecule has 0 aromatic heterocycles. The van der Waals surface area contributed by atoms with E-state index in [-0.39, 0.29) is 5.91 Å². The summed E-state index contributed by atoms with van der Waals surface area (Å²) in [6, 6.07) is 6.06. The van der Waals surface area contributed by atoms with Crippen LogP contribution in [-0.2, 0) is 0 Å². The summed E-state index contributed by atoms with van der Waals surface area (Å²) in [7, 11) is 1.61. The first-order valence-electron chi connectivity index (χ1n) is 7.11. The van der Waals surface area contributed by atoms with Gasteiger partial charge in [-0.3, -0.25) is 4.79 Å². The van der Waals surface area contributed by atoms with Crippen LogP contribution in [-0.4, -0.2) is 32.1 Å². The molecule has 5 heteroatoms. The molecule has 1 saturated carbocycles. The van der Waals surface area contributed by atoms with E-state index in [0.717, 1.165) is 18.8 Å². The molecule has 2 fully saturated rings. The zero-order chi connectivity index (χ0) is 14.2. The molecule has 0 atom stereocenters. The van der Waals surface area contributed by atoms with Crippen molar-refractivity contribution in [3.05, 3.63) is 28.8 Å². The molecule has 2 aliphatic rings. The van der Waals surface area contributed by atoms with E-state index in [4.69, 9.17) is 11.6 Å². The molecule has 20 heavy (non-hydrogen) atoms. The smallest absolute Gasteiger partial charge is 0.252 e. The standard InChI is InChI=1S/C15H20ClN3O/c1-17-14(20)12-3-2-10(6-13(12)16)19-11-7-15(8-11)4-5-18-9-15/h2-3,6,11,18-19H,4-5,7-9H2,1H3,(H,17,20). The Kier molecular flexibility index (Phi) is 3.61. The Balaban J connectivity index is 1.62. The van der Waals surface area contributed by atoms with Gasteiger partial charge in [0, 0.05) is 25.3 Å². The maximum absolute atomic E-state index is 11.6. The maximum Gasteiger partial charge on any atom is 0.252 e. The van der Waals surface area contributed by atoms with Crippen molar-refractivity contribution in [3.63, 3.8) is 0 Å². The summed E-state index contributed by atoms with van der Waals surface area (Å²) >= 11 is 6.16. The Morgan fingerprint density at radius 1 is 1.45 bits per heavy atom. The van der Waals surface area contributed by atoms with Crippen LogP contribution in [0.4, 0.5) is 5.69 Å². The van der Waals surface area contributed by atoms with Crippen molar-refractivity contribution in [2.75, 3.05) is 25.5 Å². The van der Waals surface area contributed by atoms with Gasteiger partial charge in [-0.05, 0) is 49.4 Å². The van der Waals surface area contributed by atoms with Crippen molar-refractivity contribution >= 4 is 23.2 Å². The molecular formula is C15H20ClN3O. The predicted molar refractivity (Wildman–Crippen MR) is 81.4 cm³/mol. The lowest BCUT2D eigenvalue weighted by Gasteiger charge is -2.45. The predicted octanol–water partition coefficient (Wildman–Crippen LogP) is 2.25. The molecule has 3 rings (SSSR count). The summed E-state index contributed by atoms with van der Waals surface area (Å²) in [6.45, 7) is 2.31. The molecule has 1 saturated heterocycles. The molecule has 1 heterocycles. The minimum atomic E-state index is -0.152. The fourth-order valence-electron chi connectivity index (χ4n) is 3.39. The third kappa shape index (κ3) is 2.50. The molecule has 1 amide bonds. The number of hydrogen-bond acceptors (Lipinski definition) is 3. The van der Waals surface area contributed by atoms with Crippen LogP contribution in [0.1, 0.15) is 29.6 Å². The van der Waals surface area contributed by atoms with E-state index in [1.54, 1.807) is 13.1 Å². The van der Waals surface area contributed by atoms with Gasteiger partial charge in [0.2, 0.25) is 0 Å². The Morgan fingerprint density at radius 2 is 2.25 bits per heavy atom. The SMILES string of the molecule is CNC(=O)c1ccc(NC2CC3(CCNC3)C2)cc1Cl. The number of anilines is 1. The molecule has 4 nitrogen and oxygen atoms in total. The highest BCUT2D eigenvalue weighted by molar-refractivity contribution is 6.34. The second-order valence-electron chi connectivity index (χ2n) is 5.95. The van der Waals surface area contributed by atoms with Crippen molar-refractivity contribution < 1.29 is 4.79 Å². The molecule has 0 unspecified atom stereocenters. The van der Waals surface area contributed by atoms with Crippen molar-refractivity contribution in [1.82, 2.24) is 10.6 Å². The number of carbonyl (C=O) groups is 1. The fourth-order valence-corrected chi connectivity index (χ4v) is 3.66. The molecule has 1 aliphatic heterocycles. The van der Waals surface area contributed by atoms with Crippen LogP contribution in [0, 0.1) is 5.41 Å². The zero-order valence-corrected chi connectivity index (χ0v) is 12.4. The summed E-state index contributed by atoms with van der Waals surface area (Å²) in [5.74, 6) is -0.152. The molecule has 1 aromatic carbocycles. The number of halogens is 1. The molecule has 0 bridgehead atoms. The van der Waals surface area contributed by atoms with Crippen molar-refractivity contribution in [3.8, 4) is 0 Å². The second-order valence-corrected chi connectivity index (χ2v) is 6.36. The Morgan fingerprint density at radius 3 is 2.85 bits per heavy atom. The van der Waals surface area contributed by atoms with Gasteiger partial charge in [0.25, 0.3) is 5.91 Å². The van der Waals surface area contributed by atoms with Crippen molar-refractivity contribution in [2.24, 2.45) is 5.41 Å². The van der Waals surface area contributed by atoms with Gasteiger partial charge < -0.3 is 16.0 Å². The lowest BCUT2D eigenvalue weighted by Crippen LogP contribution is -2.46. The minimum absolute atomic E-state index is 0.152. The number of nitrogens with one attached hydrogen (secondary N) is 3. The van der Waals surface area contributed by atoms with Gasteiger partial charge in [0.1, 0.15) is 0 Å². The van der Waals surface area contributed by atoms with Crippen LogP contribution < -0.4 is 16.0 Å². The van der Waals surface area contributed by atoms with E-state index in [1.807, 2.05) is 12.1 Å². The van der Waals surface area contributed by atoms with Crippen LogP contribution in [0.3, 0.4) is 0 Å². The average Bonchev–Trinajstić information content (AvgIpc) is 2.87. The van der Waals surface area contributed by atoms with Gasteiger partial charge in [0.05, 0.1) is 10.6 Å². The first-order valence-corrected chi connectivity index (χ1v) is 7.49. The molecule has 1 spiro atoms. The van der Waals surface area contributed by atoms with E-state index < -0.39 is 0 Å². The lowest BCUT2D eigenvalue weighted by molar-refractivity contribution is 0.0963. The Bertz CT molecular complexity index is 518. The van der Waals surface area contributed by atoms with Gasteiger partial charge in [-0.15, -0.1) is 0 Å². The molecular weight excluding hydrogens is 274 g/mol. The largest absolute Gasteiger partial charge is 0.382 e. The molecule has 0 radical (unpaired) electrons. The summed E-state index contributed by atoms with van der Waals surface area (Å²) in [5.41, 5.74) is 2.04. The van der Waals surface area contributed by atoms with E-state index in [1.165, 1.54) is 19.3 Å². The van der Waals surface area contributed by atoms with E-state index in [9.17, 15) is 4.79 Å². The lowest BCUT2D eigenvalue weighted by atomic mass is 9.65. The van der Waals surface area contributed by atoms with Crippen LogP contribution >= 0.6 is 11.6 Å². The first-order chi connectivity index (χ1) is 9.62. The normalized spacial score (nSPS) is 28.2. The monoisotopic (exact) mass is 293 g/mol. The third-order valence-corrected chi connectivity index (χ3v) is 4.82. The van der Waals surface area contributed by atoms with E-state index in [2.05, 4.69) is 16.0 Å². The minimum Gasteiger partial charge on any atom is -0.382 e. The van der Waals surface area contributed by atoms with Crippen LogP contribution in [0.25, 0.3) is 0 Å². The highest BCUT2D eigenvalue weighted by Crippen LogP contribution is 2.46. The quantitative estimate of drug-likeness (QED) is 0.801. The average molecular weight is 294 g/mol. The molecule has 1 aromatic rings. The molecule has 108 valence electrons. The number of benzene rings is 1. The Labute approximate surface area is 124 Å². The zero-order valence-electron chi connectivity index (χ0n) is 11.6. The van der Waals surface area contributed by atoms with Crippen molar-refractivity contribution in [2.45, 2.75) is 25.3 Å². The highest BCUT2D eigenvalue weighted by atomic mass is 35.5. The van der Waals surface area contributed by atoms with Crippen LogP contribution in [0.15, 0.2) is 18.2 Å². The van der Waals surface area contributed by atoms with Gasteiger partial charge >= 0.3 is 0 Å². The number of rotatable bonds is 3. The third-order valence-electron chi connectivity index (χ3n) is 4.50. The maximum atomic E-state index is 11.6. The van der Waals surface area contributed by atoms with Crippen LogP contribution in [0.5, 0.6) is 0 Å². The second kappa shape index (κ2) is 5.26. The summed E-state index contributed by atoms with van der Waals surface area (Å²) in [4.78, 5) is 11.6. The van der Waals surface area contributed by atoms with E-state index >= 15 is 0 Å². The number of hydrogen-bond donors (Lipinski definition) is 3. The van der Waals surface area contributed by atoms with E-state index in [0.29, 0.717) is 22.0 Å². The van der Waals surface area contributed by atoms with Gasteiger partial charge in [-0.25, -0.2) is 0 Å². The van der Waals surface area contributed by atoms with Gasteiger partial charge in [0.15, 0.2) is 0 Å². The van der Waals surface area contributed by atoms with Crippen LogP contribution in [0.2, 0.25) is 5.02 Å². The topological polar surface area (TPSA) is 53.2 Å². The molecule has 3 N–H and O–H groups in total. The molecule has 1 aliphatic carbocycles. The van der Waals surface area contributed by atoms with Crippen molar-refractivity contribution in [1.29, 1.82) is 0 Å². The van der Waals surface area contributed by atoms with Gasteiger partial charge in [-0.2, -0.15) is 0 Å². The Hall–Kier alpha value is -1.26.